The van der Waals surface area contributed by atoms with Gasteiger partial charge in [-0.2, -0.15) is 0 Å². The van der Waals surface area contributed by atoms with Crippen LogP contribution in [-0.2, 0) is 29.6 Å². The molecule has 5 rings (SSSR count). The summed E-state index contributed by atoms with van der Waals surface area (Å²) >= 11 is 0.200. The van der Waals surface area contributed by atoms with Gasteiger partial charge in [0.15, 0.2) is 28.2 Å². The van der Waals surface area contributed by atoms with Gasteiger partial charge in [-0.3, -0.25) is 4.99 Å². The minimum absolute atomic E-state index is 0.0235. The fourth-order valence-electron chi connectivity index (χ4n) is 5.20. The van der Waals surface area contributed by atoms with Gasteiger partial charge in [-0.25, -0.2) is 39.2 Å². The predicted molar refractivity (Wildman–Crippen MR) is 184 cm³/mol. The van der Waals surface area contributed by atoms with Crippen LogP contribution in [0.15, 0.2) is 97.4 Å². The Hall–Kier alpha value is -4.71. The molecule has 0 radical (unpaired) electrons. The van der Waals surface area contributed by atoms with E-state index < -0.39 is 70.6 Å². The van der Waals surface area contributed by atoms with Gasteiger partial charge < -0.3 is 14.5 Å². The van der Waals surface area contributed by atoms with Crippen LogP contribution in [0.25, 0.3) is 33.4 Å². The van der Waals surface area contributed by atoms with E-state index in [-0.39, 0.29) is 23.1 Å². The van der Waals surface area contributed by atoms with Crippen molar-refractivity contribution < 1.29 is 48.3 Å². The van der Waals surface area contributed by atoms with Crippen LogP contribution in [0.5, 0.6) is 0 Å². The van der Waals surface area contributed by atoms with Gasteiger partial charge in [0.05, 0.1) is 15.1 Å². The molecule has 3 aromatic carbocycles. The maximum atomic E-state index is 15.2. The minimum Gasteiger partial charge on any atom is -0.462 e. The van der Waals surface area contributed by atoms with E-state index in [9.17, 15) is 30.4 Å². The monoisotopic (exact) mass is 763 g/mol. The lowest BCUT2D eigenvalue weighted by atomic mass is 9.93. The van der Waals surface area contributed by atoms with E-state index in [1.807, 2.05) is 13.8 Å². The normalized spacial score (nSPS) is 12.4. The molecule has 2 N–H and O–H groups in total. The second-order valence-corrected chi connectivity index (χ2v) is 15.2. The Balaban J connectivity index is 1.62. The molecule has 2 aliphatic rings. The molecule has 0 saturated heterocycles. The first-order chi connectivity index (χ1) is 24.2. The molecule has 0 saturated carbocycles. The zero-order chi connectivity index (χ0) is 37.1. The number of nitrogens with zero attached hydrogens (tertiary/aromatic N) is 1. The maximum Gasteiger partial charge on any atom is 0.330 e. The predicted octanol–water partition coefficient (Wildman–Crippen LogP) is 6.60. The standard InChI is InChI=1S/C34H29F4N3O7S3/c1-4-27(42)47-15-16-49-33-29(35)31(37)34(32(38)30(33)36)51(45,46)41-50(43,44)26-10-8-7-9-23(26)28-21-13-11-19(39-5-2)17-24(21)48-25-18-20(40-6-3)12-14-22(25)28/h4,7-14,17-18,39,41H,1,5-6,15-16H2,2-3H3. The Labute approximate surface area is 294 Å². The highest BCUT2D eigenvalue weighted by Crippen LogP contribution is 2.43. The number of fused-ring (bicyclic) bond motifs is 2. The molecule has 1 heterocycles. The van der Waals surface area contributed by atoms with E-state index in [4.69, 9.17) is 4.42 Å². The highest BCUT2D eigenvalue weighted by molar-refractivity contribution is 8.04. The van der Waals surface area contributed by atoms with Crippen molar-refractivity contribution in [2.75, 3.05) is 30.8 Å². The highest BCUT2D eigenvalue weighted by Gasteiger charge is 2.37. The number of thioether (sulfide) groups is 1. The molecule has 17 heteroatoms. The van der Waals surface area contributed by atoms with Crippen molar-refractivity contribution >= 4 is 54.4 Å². The smallest absolute Gasteiger partial charge is 0.330 e. The summed E-state index contributed by atoms with van der Waals surface area (Å²) in [5, 5.41) is 4.18. The van der Waals surface area contributed by atoms with Crippen LogP contribution in [0.3, 0.4) is 0 Å². The molecular weight excluding hydrogens is 735 g/mol. The number of hydrogen-bond acceptors (Lipinski definition) is 10. The van der Waals surface area contributed by atoms with Crippen molar-refractivity contribution in [3.63, 3.8) is 0 Å². The van der Waals surface area contributed by atoms with Crippen LogP contribution >= 0.6 is 11.8 Å². The van der Waals surface area contributed by atoms with Gasteiger partial charge in [0, 0.05) is 64.8 Å². The van der Waals surface area contributed by atoms with E-state index in [2.05, 4.69) is 21.6 Å². The highest BCUT2D eigenvalue weighted by atomic mass is 32.3. The summed E-state index contributed by atoms with van der Waals surface area (Å²) in [4.78, 5) is 11.5. The summed E-state index contributed by atoms with van der Waals surface area (Å²) in [7, 11) is -11.1. The number of rotatable bonds is 13. The maximum absolute atomic E-state index is 15.2. The molecule has 0 fully saturated rings. The number of sulfonamides is 2. The number of anilines is 1. The van der Waals surface area contributed by atoms with Crippen molar-refractivity contribution in [3.05, 3.63) is 102 Å². The Kier molecular flexibility index (Phi) is 11.2. The fraction of sp³-hybridized carbons (Fsp3) is 0.176. The summed E-state index contributed by atoms with van der Waals surface area (Å²) < 4.78 is 127. The second kappa shape index (κ2) is 15.3. The summed E-state index contributed by atoms with van der Waals surface area (Å²) in [6.45, 7) is 7.55. The number of hydrogen-bond donors (Lipinski definition) is 2. The molecule has 10 nitrogen and oxygen atoms in total. The van der Waals surface area contributed by atoms with Gasteiger partial charge in [-0.05, 0) is 44.2 Å². The molecule has 3 aromatic rings. The largest absolute Gasteiger partial charge is 0.462 e. The first-order valence-corrected chi connectivity index (χ1v) is 19.1. The Morgan fingerprint density at radius 1 is 0.922 bits per heavy atom. The fourth-order valence-corrected chi connectivity index (χ4v) is 9.22. The summed E-state index contributed by atoms with van der Waals surface area (Å²) in [5.41, 5.74) is 1.75. The Morgan fingerprint density at radius 3 is 2.29 bits per heavy atom. The number of carbonyl (C=O) groups excluding carboxylic acids is 1. The van der Waals surface area contributed by atoms with E-state index in [0.717, 1.165) is 12.1 Å². The molecule has 0 atom stereocenters. The number of nitrogens with one attached hydrogen (secondary N) is 2. The number of benzene rings is 4. The van der Waals surface area contributed by atoms with Crippen LogP contribution in [0.2, 0.25) is 0 Å². The number of ether oxygens (including phenoxy) is 1. The molecule has 0 spiro atoms. The molecule has 1 aliphatic carbocycles. The zero-order valence-electron chi connectivity index (χ0n) is 26.9. The molecule has 0 amide bonds. The summed E-state index contributed by atoms with van der Waals surface area (Å²) in [5.74, 6) is -9.82. The molecule has 0 unspecified atom stereocenters. The number of esters is 1. The molecular formula is C34H29F4N3O7S3. The van der Waals surface area contributed by atoms with Crippen molar-refractivity contribution in [1.82, 2.24) is 4.13 Å². The van der Waals surface area contributed by atoms with E-state index >= 15 is 8.78 Å². The first kappa shape index (κ1) is 37.5. The third kappa shape index (κ3) is 7.66. The van der Waals surface area contributed by atoms with Gasteiger partial charge in [-0.15, -0.1) is 15.9 Å². The first-order valence-electron chi connectivity index (χ1n) is 15.1. The summed E-state index contributed by atoms with van der Waals surface area (Å²) in [6.07, 6.45) is 0.824. The van der Waals surface area contributed by atoms with E-state index in [1.54, 1.807) is 36.4 Å². The molecule has 0 bridgehead atoms. The van der Waals surface area contributed by atoms with Gasteiger partial charge in [-0.1, -0.05) is 24.8 Å². The van der Waals surface area contributed by atoms with Crippen molar-refractivity contribution in [2.45, 2.75) is 28.5 Å². The molecule has 268 valence electrons. The topological polar surface area (TPSA) is 144 Å². The van der Waals surface area contributed by atoms with Gasteiger partial charge in [0.1, 0.15) is 18.0 Å². The van der Waals surface area contributed by atoms with Crippen molar-refractivity contribution in [2.24, 2.45) is 4.99 Å². The van der Waals surface area contributed by atoms with Crippen LogP contribution in [0.1, 0.15) is 13.8 Å². The van der Waals surface area contributed by atoms with Gasteiger partial charge in [0.2, 0.25) is 0 Å². The summed E-state index contributed by atoms with van der Waals surface area (Å²) in [6, 6.07) is 15.4. The van der Waals surface area contributed by atoms with E-state index in [1.165, 1.54) is 22.3 Å². The number of carbonyl (C=O) groups is 1. The average molecular weight is 764 g/mol. The lowest BCUT2D eigenvalue weighted by molar-refractivity contribution is -0.137. The minimum atomic E-state index is -5.83. The van der Waals surface area contributed by atoms with Crippen molar-refractivity contribution in [3.8, 4) is 22.5 Å². The Morgan fingerprint density at radius 2 is 1.63 bits per heavy atom. The second-order valence-electron chi connectivity index (χ2n) is 10.6. The van der Waals surface area contributed by atoms with Crippen LogP contribution in [0, 0.1) is 23.3 Å². The average Bonchev–Trinajstić information content (AvgIpc) is 3.09. The third-order valence-corrected chi connectivity index (χ3v) is 11.9. The quantitative estimate of drug-likeness (QED) is 0.0258. The lowest BCUT2D eigenvalue weighted by Crippen LogP contribution is -2.33. The van der Waals surface area contributed by atoms with Crippen LogP contribution < -0.4 is 14.8 Å². The Bertz CT molecular complexity index is 2410. The van der Waals surface area contributed by atoms with Crippen molar-refractivity contribution in [1.29, 1.82) is 0 Å². The van der Waals surface area contributed by atoms with Crippen LogP contribution in [-0.4, -0.2) is 48.3 Å². The SMILES string of the molecule is C=CC(=O)OCCSc1c(F)c(F)c(S(=O)(=O)NS(=O)(=O)c2ccccc2-c2c3ccc(=NCC)cc-3oc3cc(NCC)ccc23)c(F)c1F. The lowest BCUT2D eigenvalue weighted by Gasteiger charge is -2.19. The molecule has 51 heavy (non-hydrogen) atoms. The van der Waals surface area contributed by atoms with Gasteiger partial charge >= 0.3 is 5.97 Å². The van der Waals surface area contributed by atoms with Gasteiger partial charge in [0.25, 0.3) is 20.0 Å². The third-order valence-electron chi connectivity index (χ3n) is 7.28. The van der Waals surface area contributed by atoms with Crippen LogP contribution in [0.4, 0.5) is 23.2 Å². The zero-order valence-corrected chi connectivity index (χ0v) is 29.4. The molecule has 1 aliphatic heterocycles. The number of halogens is 4. The van der Waals surface area contributed by atoms with E-state index in [0.29, 0.717) is 52.0 Å². The molecule has 0 aromatic heterocycles.